The van der Waals surface area contributed by atoms with Crippen molar-refractivity contribution in [3.8, 4) is 0 Å². The summed E-state index contributed by atoms with van der Waals surface area (Å²) in [6.45, 7) is 0. The predicted molar refractivity (Wildman–Crippen MR) is 90.2 cm³/mol. The van der Waals surface area contributed by atoms with Crippen molar-refractivity contribution in [1.82, 2.24) is 0 Å². The van der Waals surface area contributed by atoms with Gasteiger partial charge in [0.05, 0.1) is 32.5 Å². The molecule has 0 heterocycles. The van der Waals surface area contributed by atoms with Gasteiger partial charge in [0.1, 0.15) is 0 Å². The van der Waals surface area contributed by atoms with Crippen LogP contribution in [0.15, 0.2) is 36.4 Å². The van der Waals surface area contributed by atoms with Crippen LogP contribution in [0.25, 0.3) is 0 Å². The molecule has 0 unspecified atom stereocenters. The highest BCUT2D eigenvalue weighted by atomic mass is 35.5. The number of hydrogen-bond acceptors (Lipinski definition) is 2. The van der Waals surface area contributed by atoms with Crippen LogP contribution >= 0.6 is 23.2 Å². The SMILES string of the molecule is O=C(Nc1cc(C(F)(F)F)ccc1Cl)C(=O)Nc1cc(C(F)(F)F)ccc1Cl. The molecule has 2 aromatic rings. The zero-order valence-electron chi connectivity index (χ0n) is 13.3. The first-order valence-electron chi connectivity index (χ1n) is 7.15. The topological polar surface area (TPSA) is 58.2 Å². The van der Waals surface area contributed by atoms with Crippen molar-refractivity contribution < 1.29 is 35.9 Å². The van der Waals surface area contributed by atoms with E-state index in [0.717, 1.165) is 12.1 Å². The van der Waals surface area contributed by atoms with Crippen molar-refractivity contribution in [2.75, 3.05) is 10.6 Å². The zero-order valence-corrected chi connectivity index (χ0v) is 14.8. The Labute approximate surface area is 163 Å². The third-order valence-corrected chi connectivity index (χ3v) is 3.95. The molecule has 0 aliphatic carbocycles. The van der Waals surface area contributed by atoms with Gasteiger partial charge in [-0.05, 0) is 36.4 Å². The van der Waals surface area contributed by atoms with E-state index < -0.39 is 46.7 Å². The number of halogens is 8. The summed E-state index contributed by atoms with van der Waals surface area (Å²) in [7, 11) is 0. The fourth-order valence-corrected chi connectivity index (χ4v) is 2.28. The molecule has 0 atom stereocenters. The summed E-state index contributed by atoms with van der Waals surface area (Å²) in [5, 5.41) is 3.15. The molecule has 0 aromatic heterocycles. The van der Waals surface area contributed by atoms with Gasteiger partial charge in [-0.25, -0.2) is 0 Å². The molecule has 0 spiro atoms. The van der Waals surface area contributed by atoms with Crippen LogP contribution in [0.2, 0.25) is 10.0 Å². The van der Waals surface area contributed by atoms with E-state index in [1.54, 1.807) is 0 Å². The number of alkyl halides is 6. The van der Waals surface area contributed by atoms with Gasteiger partial charge in [-0.3, -0.25) is 9.59 Å². The van der Waals surface area contributed by atoms with Gasteiger partial charge in [-0.1, -0.05) is 23.2 Å². The summed E-state index contributed by atoms with van der Waals surface area (Å²) in [6, 6.07) is 4.07. The number of benzene rings is 2. The number of carbonyl (C=O) groups excluding carboxylic acids is 2. The molecule has 2 N–H and O–H groups in total. The minimum Gasteiger partial charge on any atom is -0.316 e. The number of anilines is 2. The predicted octanol–water partition coefficient (Wildman–Crippen LogP) is 5.61. The molecule has 2 amide bonds. The highest BCUT2D eigenvalue weighted by molar-refractivity contribution is 6.45. The second kappa shape index (κ2) is 7.88. The molecule has 0 saturated carbocycles. The molecule has 0 bridgehead atoms. The fraction of sp³-hybridized carbons (Fsp3) is 0.125. The summed E-state index contributed by atoms with van der Waals surface area (Å²) >= 11 is 11.4. The molecule has 12 heteroatoms. The molecule has 0 fully saturated rings. The maximum atomic E-state index is 12.7. The number of amides is 2. The van der Waals surface area contributed by atoms with Crippen molar-refractivity contribution >= 4 is 46.4 Å². The molecule has 4 nitrogen and oxygen atoms in total. The maximum absolute atomic E-state index is 12.7. The molecular weight excluding hydrogens is 437 g/mol. The summed E-state index contributed by atoms with van der Waals surface area (Å²) in [5.74, 6) is -2.93. The lowest BCUT2D eigenvalue weighted by Crippen LogP contribution is -2.29. The van der Waals surface area contributed by atoms with E-state index in [9.17, 15) is 35.9 Å². The fourth-order valence-electron chi connectivity index (χ4n) is 1.95. The molecule has 150 valence electrons. The molecule has 0 aliphatic rings. The average Bonchev–Trinajstić information content (AvgIpc) is 2.56. The van der Waals surface area contributed by atoms with E-state index >= 15 is 0 Å². The quantitative estimate of drug-likeness (QED) is 0.467. The van der Waals surface area contributed by atoms with E-state index in [2.05, 4.69) is 0 Å². The lowest BCUT2D eigenvalue weighted by atomic mass is 10.2. The Morgan fingerprint density at radius 3 is 1.29 bits per heavy atom. The Morgan fingerprint density at radius 1 is 0.679 bits per heavy atom. The van der Waals surface area contributed by atoms with E-state index in [1.165, 1.54) is 0 Å². The van der Waals surface area contributed by atoms with Crippen LogP contribution in [0.3, 0.4) is 0 Å². The third-order valence-electron chi connectivity index (χ3n) is 3.29. The maximum Gasteiger partial charge on any atom is 0.416 e. The van der Waals surface area contributed by atoms with Gasteiger partial charge in [0.15, 0.2) is 0 Å². The smallest absolute Gasteiger partial charge is 0.316 e. The molecule has 0 radical (unpaired) electrons. The molecule has 28 heavy (non-hydrogen) atoms. The van der Waals surface area contributed by atoms with Gasteiger partial charge in [0, 0.05) is 0 Å². The molecule has 2 aromatic carbocycles. The van der Waals surface area contributed by atoms with Crippen molar-refractivity contribution in [3.05, 3.63) is 57.6 Å². The molecule has 2 rings (SSSR count). The summed E-state index contributed by atoms with van der Waals surface area (Å²) in [4.78, 5) is 23.8. The van der Waals surface area contributed by atoms with Crippen LogP contribution in [0.4, 0.5) is 37.7 Å². The van der Waals surface area contributed by atoms with Crippen LogP contribution in [0, 0.1) is 0 Å². The van der Waals surface area contributed by atoms with Gasteiger partial charge < -0.3 is 10.6 Å². The summed E-state index contributed by atoms with van der Waals surface area (Å²) in [6.07, 6.45) is -9.45. The van der Waals surface area contributed by atoms with Crippen LogP contribution < -0.4 is 10.6 Å². The number of hydrogen-bond donors (Lipinski definition) is 2. The molecular formula is C16H8Cl2F6N2O2. The van der Waals surface area contributed by atoms with Crippen LogP contribution in [0.5, 0.6) is 0 Å². The first-order chi connectivity index (χ1) is 12.8. The summed E-state index contributed by atoms with van der Waals surface area (Å²) < 4.78 is 76.3. The normalized spacial score (nSPS) is 11.9. The van der Waals surface area contributed by atoms with Gasteiger partial charge in [-0.2, -0.15) is 26.3 Å². The Morgan fingerprint density at radius 2 is 1.00 bits per heavy atom. The molecule has 0 aliphatic heterocycles. The lowest BCUT2D eigenvalue weighted by Gasteiger charge is -2.13. The van der Waals surface area contributed by atoms with Crippen LogP contribution in [0.1, 0.15) is 11.1 Å². The van der Waals surface area contributed by atoms with Gasteiger partial charge in [-0.15, -0.1) is 0 Å². The zero-order chi connectivity index (χ0) is 21.3. The van der Waals surface area contributed by atoms with Gasteiger partial charge in [0.2, 0.25) is 0 Å². The minimum atomic E-state index is -4.72. The highest BCUT2D eigenvalue weighted by Crippen LogP contribution is 2.35. The van der Waals surface area contributed by atoms with Crippen LogP contribution in [-0.2, 0) is 21.9 Å². The minimum absolute atomic E-state index is 0.286. The van der Waals surface area contributed by atoms with Crippen molar-refractivity contribution in [2.24, 2.45) is 0 Å². The largest absolute Gasteiger partial charge is 0.416 e. The number of rotatable bonds is 2. The Balaban J connectivity index is 2.20. The number of nitrogens with one attached hydrogen (secondary N) is 2. The first kappa shape index (κ1) is 21.8. The average molecular weight is 445 g/mol. The summed E-state index contributed by atoms with van der Waals surface area (Å²) in [5.41, 5.74) is -3.28. The van der Waals surface area contributed by atoms with E-state index in [0.29, 0.717) is 24.3 Å². The molecule has 0 saturated heterocycles. The Hall–Kier alpha value is -2.46. The van der Waals surface area contributed by atoms with E-state index in [4.69, 9.17) is 23.2 Å². The van der Waals surface area contributed by atoms with Crippen molar-refractivity contribution in [1.29, 1.82) is 0 Å². The monoisotopic (exact) mass is 444 g/mol. The van der Waals surface area contributed by atoms with Gasteiger partial charge in [0.25, 0.3) is 0 Å². The second-order valence-corrected chi connectivity index (χ2v) is 6.11. The standard InChI is InChI=1S/C16H8Cl2F6N2O2/c17-9-3-1-7(15(19,20)21)5-11(9)25-13(27)14(28)26-12-6-8(16(22,23)24)2-4-10(12)18/h1-6H,(H,25,27)(H,26,28). The van der Waals surface area contributed by atoms with E-state index in [-0.39, 0.29) is 10.0 Å². The number of carbonyl (C=O) groups is 2. The first-order valence-corrected chi connectivity index (χ1v) is 7.90. The van der Waals surface area contributed by atoms with Crippen molar-refractivity contribution in [3.63, 3.8) is 0 Å². The Bertz CT molecular complexity index is 853. The lowest BCUT2D eigenvalue weighted by molar-refractivity contribution is -0.138. The van der Waals surface area contributed by atoms with E-state index in [1.807, 2.05) is 10.6 Å². The van der Waals surface area contributed by atoms with Crippen LogP contribution in [-0.4, -0.2) is 11.8 Å². The van der Waals surface area contributed by atoms with Crippen molar-refractivity contribution in [2.45, 2.75) is 12.4 Å². The Kier molecular flexibility index (Phi) is 6.15. The highest BCUT2D eigenvalue weighted by Gasteiger charge is 2.32. The second-order valence-electron chi connectivity index (χ2n) is 5.29. The third kappa shape index (κ3) is 5.29. The van der Waals surface area contributed by atoms with Gasteiger partial charge >= 0.3 is 24.2 Å².